The first-order chi connectivity index (χ1) is 7.72. The van der Waals surface area contributed by atoms with E-state index in [0.29, 0.717) is 0 Å². The highest BCUT2D eigenvalue weighted by molar-refractivity contribution is 5.75. The highest BCUT2D eigenvalue weighted by atomic mass is 16.5. The Morgan fingerprint density at radius 3 is 3.06 bits per heavy atom. The van der Waals surface area contributed by atoms with Crippen molar-refractivity contribution >= 4 is 5.97 Å². The molecule has 1 heterocycles. The molecule has 1 atom stereocenters. The fourth-order valence-corrected chi connectivity index (χ4v) is 1.99. The lowest BCUT2D eigenvalue weighted by atomic mass is 9.99. The predicted octanol–water partition coefficient (Wildman–Crippen LogP) is 1.36. The third kappa shape index (κ3) is 2.02. The molecule has 86 valence electrons. The molecule has 4 heteroatoms. The van der Waals surface area contributed by atoms with Crippen LogP contribution in [-0.2, 0) is 11.2 Å². The summed E-state index contributed by atoms with van der Waals surface area (Å²) in [5.74, 6) is 0.0226. The van der Waals surface area contributed by atoms with E-state index < -0.39 is 12.0 Å². The molecule has 0 saturated heterocycles. The normalized spacial score (nSPS) is 16.1. The highest BCUT2D eigenvalue weighted by Gasteiger charge is 2.19. The molecule has 0 bridgehead atoms. The van der Waals surface area contributed by atoms with Crippen LogP contribution in [0.25, 0.3) is 0 Å². The van der Waals surface area contributed by atoms with Gasteiger partial charge in [-0.3, -0.25) is 4.79 Å². The number of carbonyl (C=O) groups is 1. The van der Waals surface area contributed by atoms with Crippen molar-refractivity contribution in [2.45, 2.75) is 18.9 Å². The molecule has 2 rings (SSSR count). The number of benzene rings is 1. The molecule has 2 N–H and O–H groups in total. The first-order valence-electron chi connectivity index (χ1n) is 5.38. The van der Waals surface area contributed by atoms with Crippen molar-refractivity contribution in [2.24, 2.45) is 0 Å². The van der Waals surface area contributed by atoms with Crippen LogP contribution in [0.4, 0.5) is 0 Å². The minimum absolute atomic E-state index is 0.646. The van der Waals surface area contributed by atoms with Crippen LogP contribution in [0.5, 0.6) is 5.75 Å². The topological polar surface area (TPSA) is 58.6 Å². The second-order valence-electron chi connectivity index (χ2n) is 3.88. The van der Waals surface area contributed by atoms with Gasteiger partial charge in [0.15, 0.2) is 0 Å². The third-order valence-electron chi connectivity index (χ3n) is 2.80. The first kappa shape index (κ1) is 11.0. The van der Waals surface area contributed by atoms with Crippen molar-refractivity contribution in [3.05, 3.63) is 29.3 Å². The molecule has 0 aliphatic carbocycles. The van der Waals surface area contributed by atoms with Crippen molar-refractivity contribution in [2.75, 3.05) is 13.7 Å². The van der Waals surface area contributed by atoms with E-state index in [9.17, 15) is 4.79 Å². The molecule has 16 heavy (non-hydrogen) atoms. The number of aliphatic carboxylic acids is 1. The number of hydrogen-bond acceptors (Lipinski definition) is 3. The molecule has 0 fully saturated rings. The van der Waals surface area contributed by atoms with Gasteiger partial charge in [-0.25, -0.2) is 0 Å². The van der Waals surface area contributed by atoms with Gasteiger partial charge < -0.3 is 15.2 Å². The van der Waals surface area contributed by atoms with E-state index in [0.717, 1.165) is 36.3 Å². The minimum Gasteiger partial charge on any atom is -0.493 e. The van der Waals surface area contributed by atoms with Crippen LogP contribution >= 0.6 is 0 Å². The maximum Gasteiger partial charge on any atom is 0.325 e. The Bertz CT molecular complexity index is 403. The largest absolute Gasteiger partial charge is 0.493 e. The van der Waals surface area contributed by atoms with E-state index >= 15 is 0 Å². The summed E-state index contributed by atoms with van der Waals surface area (Å²) < 4.78 is 5.48. The van der Waals surface area contributed by atoms with Crippen LogP contribution in [-0.4, -0.2) is 24.7 Å². The van der Waals surface area contributed by atoms with Crippen LogP contribution in [0.1, 0.15) is 23.6 Å². The molecular formula is C12H15NO3. The zero-order valence-corrected chi connectivity index (χ0v) is 9.19. The Labute approximate surface area is 94.2 Å². The molecule has 0 saturated carbocycles. The maximum absolute atomic E-state index is 11.0. The average Bonchev–Trinajstić information content (AvgIpc) is 2.29. The molecule has 1 aromatic carbocycles. The smallest absolute Gasteiger partial charge is 0.325 e. The Kier molecular flexibility index (Phi) is 3.10. The summed E-state index contributed by atoms with van der Waals surface area (Å²) >= 11 is 0. The number of likely N-dealkylation sites (N-methyl/N-ethyl adjacent to an activating group) is 1. The standard InChI is InChI=1S/C12H15NO3/c1-13-11(12(14)15)9-4-5-10-8(7-9)3-2-6-16-10/h4-5,7,11,13H,2-3,6H2,1H3,(H,14,15). The van der Waals surface area contributed by atoms with Crippen LogP contribution < -0.4 is 10.1 Å². The molecule has 0 radical (unpaired) electrons. The summed E-state index contributed by atoms with van der Waals surface area (Å²) in [5, 5.41) is 11.8. The zero-order valence-electron chi connectivity index (χ0n) is 9.19. The Morgan fingerprint density at radius 1 is 1.56 bits per heavy atom. The van der Waals surface area contributed by atoms with Crippen molar-refractivity contribution < 1.29 is 14.6 Å². The number of fused-ring (bicyclic) bond motifs is 1. The summed E-state index contributed by atoms with van der Waals surface area (Å²) in [5.41, 5.74) is 1.88. The van der Waals surface area contributed by atoms with Gasteiger partial charge in [0, 0.05) is 0 Å². The second kappa shape index (κ2) is 4.53. The van der Waals surface area contributed by atoms with E-state index in [1.54, 1.807) is 13.1 Å². The number of hydrogen-bond donors (Lipinski definition) is 2. The van der Waals surface area contributed by atoms with Crippen molar-refractivity contribution in [1.82, 2.24) is 5.32 Å². The Morgan fingerprint density at radius 2 is 2.38 bits per heavy atom. The van der Waals surface area contributed by atoms with Crippen molar-refractivity contribution in [1.29, 1.82) is 0 Å². The number of ether oxygens (including phenoxy) is 1. The summed E-state index contributed by atoms with van der Waals surface area (Å²) in [6.45, 7) is 0.751. The highest BCUT2D eigenvalue weighted by Crippen LogP contribution is 2.27. The lowest BCUT2D eigenvalue weighted by molar-refractivity contribution is -0.139. The van der Waals surface area contributed by atoms with Crippen molar-refractivity contribution in [3.8, 4) is 5.75 Å². The van der Waals surface area contributed by atoms with Crippen molar-refractivity contribution in [3.63, 3.8) is 0 Å². The molecule has 1 aliphatic rings. The predicted molar refractivity (Wildman–Crippen MR) is 59.7 cm³/mol. The SMILES string of the molecule is CNC(C(=O)O)c1ccc2c(c1)CCCO2. The average molecular weight is 221 g/mol. The Balaban J connectivity index is 2.32. The zero-order chi connectivity index (χ0) is 11.5. The first-order valence-corrected chi connectivity index (χ1v) is 5.38. The monoisotopic (exact) mass is 221 g/mol. The number of carboxylic acids is 1. The lowest BCUT2D eigenvalue weighted by Crippen LogP contribution is -2.25. The minimum atomic E-state index is -0.862. The second-order valence-corrected chi connectivity index (χ2v) is 3.88. The van der Waals surface area contributed by atoms with Gasteiger partial charge >= 0.3 is 5.97 Å². The fraction of sp³-hybridized carbons (Fsp3) is 0.417. The van der Waals surface area contributed by atoms with E-state index in [1.165, 1.54) is 0 Å². The number of rotatable bonds is 3. The maximum atomic E-state index is 11.0. The van der Waals surface area contributed by atoms with Gasteiger partial charge in [-0.05, 0) is 43.1 Å². The molecule has 4 nitrogen and oxygen atoms in total. The Hall–Kier alpha value is -1.55. The van der Waals surface area contributed by atoms with Gasteiger partial charge in [-0.2, -0.15) is 0 Å². The van der Waals surface area contributed by atoms with Gasteiger partial charge in [-0.1, -0.05) is 6.07 Å². The fourth-order valence-electron chi connectivity index (χ4n) is 1.99. The summed E-state index contributed by atoms with van der Waals surface area (Å²) in [7, 11) is 1.65. The van der Waals surface area contributed by atoms with E-state index in [4.69, 9.17) is 9.84 Å². The summed E-state index contributed by atoms with van der Waals surface area (Å²) in [6.07, 6.45) is 1.95. The number of nitrogens with one attached hydrogen (secondary N) is 1. The van der Waals surface area contributed by atoms with Gasteiger partial charge in [0.25, 0.3) is 0 Å². The van der Waals surface area contributed by atoms with E-state index in [2.05, 4.69) is 5.32 Å². The van der Waals surface area contributed by atoms with Gasteiger partial charge in [0.2, 0.25) is 0 Å². The van der Waals surface area contributed by atoms with Crippen LogP contribution in [0.2, 0.25) is 0 Å². The molecule has 1 unspecified atom stereocenters. The van der Waals surface area contributed by atoms with Gasteiger partial charge in [-0.15, -0.1) is 0 Å². The molecular weight excluding hydrogens is 206 g/mol. The third-order valence-corrected chi connectivity index (χ3v) is 2.80. The van der Waals surface area contributed by atoms with Crippen LogP contribution in [0, 0.1) is 0 Å². The van der Waals surface area contributed by atoms with Crippen LogP contribution in [0.3, 0.4) is 0 Å². The van der Waals surface area contributed by atoms with Gasteiger partial charge in [0.05, 0.1) is 6.61 Å². The molecule has 0 amide bonds. The van der Waals surface area contributed by atoms with E-state index in [1.807, 2.05) is 12.1 Å². The lowest BCUT2D eigenvalue weighted by Gasteiger charge is -2.19. The molecule has 0 aromatic heterocycles. The summed E-state index contributed by atoms with van der Waals surface area (Å²) in [4.78, 5) is 11.0. The quantitative estimate of drug-likeness (QED) is 0.809. The van der Waals surface area contributed by atoms with Crippen LogP contribution in [0.15, 0.2) is 18.2 Å². The number of aryl methyl sites for hydroxylation is 1. The molecule has 1 aromatic rings. The molecule has 1 aliphatic heterocycles. The van der Waals surface area contributed by atoms with Gasteiger partial charge in [0.1, 0.15) is 11.8 Å². The molecule has 0 spiro atoms. The summed E-state index contributed by atoms with van der Waals surface area (Å²) in [6, 6.07) is 4.94. The van der Waals surface area contributed by atoms with E-state index in [-0.39, 0.29) is 0 Å². The number of carboxylic acid groups (broad SMARTS) is 1.